The quantitative estimate of drug-likeness (QED) is 0.765. The van der Waals surface area contributed by atoms with Gasteiger partial charge in [-0.25, -0.2) is 0 Å². The van der Waals surface area contributed by atoms with Gasteiger partial charge in [-0.2, -0.15) is 0 Å². The van der Waals surface area contributed by atoms with Crippen LogP contribution in [0, 0.1) is 0 Å². The lowest BCUT2D eigenvalue weighted by Gasteiger charge is -2.28. The third-order valence-corrected chi connectivity index (χ3v) is 6.04. The largest absolute Gasteiger partial charge is 0.508 e. The molecule has 1 aromatic heterocycles. The number of carbonyl (C=O) groups excluding carboxylic acids is 1. The van der Waals surface area contributed by atoms with Crippen LogP contribution in [0.1, 0.15) is 39.5 Å². The van der Waals surface area contributed by atoms with E-state index in [4.69, 9.17) is 11.6 Å². The molecule has 7 heteroatoms. The van der Waals surface area contributed by atoms with Crippen molar-refractivity contribution in [3.8, 4) is 5.75 Å². The Bertz CT molecular complexity index is 820. The first-order chi connectivity index (χ1) is 11.6. The average Bonchev–Trinajstić information content (AvgIpc) is 2.94. The Morgan fingerprint density at radius 3 is 3.04 bits per heavy atom. The van der Waals surface area contributed by atoms with Gasteiger partial charge in [0.1, 0.15) is 16.9 Å². The first kappa shape index (κ1) is 15.7. The molecule has 1 aromatic carbocycles. The maximum Gasteiger partial charge on any atom is 0.256 e. The van der Waals surface area contributed by atoms with Crippen LogP contribution in [0.5, 0.6) is 5.75 Å². The molecule has 126 valence electrons. The summed E-state index contributed by atoms with van der Waals surface area (Å²) in [5.74, 6) is 0.0229. The van der Waals surface area contributed by atoms with Gasteiger partial charge in [0.05, 0.1) is 5.56 Å². The van der Waals surface area contributed by atoms with Crippen molar-refractivity contribution in [3.63, 3.8) is 0 Å². The molecule has 1 amide bonds. The molecule has 4 rings (SSSR count). The van der Waals surface area contributed by atoms with Gasteiger partial charge >= 0.3 is 0 Å². The minimum Gasteiger partial charge on any atom is -0.508 e. The number of carbonyl (C=O) groups is 1. The maximum atomic E-state index is 12.7. The number of likely N-dealkylation sites (N-methyl/N-ethyl adjacent to an activating group) is 1. The van der Waals surface area contributed by atoms with Gasteiger partial charge in [0.15, 0.2) is 0 Å². The summed E-state index contributed by atoms with van der Waals surface area (Å²) >= 11 is 7.67. The number of rotatable bonds is 2. The van der Waals surface area contributed by atoms with Crippen molar-refractivity contribution in [2.45, 2.75) is 26.1 Å². The van der Waals surface area contributed by atoms with Gasteiger partial charge in [-0.1, -0.05) is 18.5 Å². The SMILES string of the molecule is CCN1CCc2c(sc3c2C(=O)NC(c2cc(Cl)ccc2O)N3)C1. The highest BCUT2D eigenvalue weighted by Gasteiger charge is 2.33. The first-order valence-corrected chi connectivity index (χ1v) is 9.19. The summed E-state index contributed by atoms with van der Waals surface area (Å²) < 4.78 is 0. The number of amides is 1. The summed E-state index contributed by atoms with van der Waals surface area (Å²) in [6.45, 7) is 5.05. The van der Waals surface area contributed by atoms with Crippen LogP contribution in [0.3, 0.4) is 0 Å². The molecule has 0 aliphatic carbocycles. The van der Waals surface area contributed by atoms with Crippen LogP contribution in [-0.2, 0) is 13.0 Å². The van der Waals surface area contributed by atoms with Crippen molar-refractivity contribution < 1.29 is 9.90 Å². The van der Waals surface area contributed by atoms with Gasteiger partial charge in [0.2, 0.25) is 0 Å². The number of nitrogens with one attached hydrogen (secondary N) is 2. The van der Waals surface area contributed by atoms with Gasteiger partial charge < -0.3 is 15.7 Å². The maximum absolute atomic E-state index is 12.7. The van der Waals surface area contributed by atoms with Gasteiger partial charge in [-0.05, 0) is 36.7 Å². The van der Waals surface area contributed by atoms with Crippen LogP contribution in [0.4, 0.5) is 5.00 Å². The molecule has 2 aromatic rings. The number of hydrogen-bond donors (Lipinski definition) is 3. The highest BCUT2D eigenvalue weighted by molar-refractivity contribution is 7.16. The lowest BCUT2D eigenvalue weighted by Crippen LogP contribution is -2.38. The lowest BCUT2D eigenvalue weighted by atomic mass is 10.00. The Morgan fingerprint density at radius 2 is 2.25 bits per heavy atom. The zero-order chi connectivity index (χ0) is 16.8. The van der Waals surface area contributed by atoms with Crippen LogP contribution in [0.15, 0.2) is 18.2 Å². The van der Waals surface area contributed by atoms with E-state index >= 15 is 0 Å². The fourth-order valence-corrected chi connectivity index (χ4v) is 4.85. The zero-order valence-electron chi connectivity index (χ0n) is 13.2. The molecule has 0 saturated heterocycles. The van der Waals surface area contributed by atoms with Crippen molar-refractivity contribution in [2.24, 2.45) is 0 Å². The summed E-state index contributed by atoms with van der Waals surface area (Å²) in [6.07, 6.45) is 0.420. The van der Waals surface area contributed by atoms with Gasteiger partial charge in [-0.15, -0.1) is 11.3 Å². The molecule has 0 radical (unpaired) electrons. The number of anilines is 1. The van der Waals surface area contributed by atoms with Crippen molar-refractivity contribution in [3.05, 3.63) is 44.8 Å². The van der Waals surface area contributed by atoms with Crippen LogP contribution < -0.4 is 10.6 Å². The smallest absolute Gasteiger partial charge is 0.256 e. The summed E-state index contributed by atoms with van der Waals surface area (Å²) in [4.78, 5) is 16.3. The number of fused-ring (bicyclic) bond motifs is 3. The summed E-state index contributed by atoms with van der Waals surface area (Å²) in [6, 6.07) is 4.84. The standard InChI is InChI=1S/C17H18ClN3O2S/c1-2-21-6-5-10-13(8-21)24-17-14(10)16(23)19-15(20-17)11-7-9(18)3-4-12(11)22/h3-4,7,15,20,22H,2,5-6,8H2,1H3,(H,19,23). The highest BCUT2D eigenvalue weighted by Crippen LogP contribution is 2.41. The Kier molecular flexibility index (Phi) is 3.90. The molecule has 1 unspecified atom stereocenters. The van der Waals surface area contributed by atoms with E-state index in [1.165, 1.54) is 10.4 Å². The molecule has 3 N–H and O–H groups in total. The van der Waals surface area contributed by atoms with E-state index in [0.29, 0.717) is 10.6 Å². The second kappa shape index (κ2) is 5.95. The van der Waals surface area contributed by atoms with Crippen LogP contribution in [0.2, 0.25) is 5.02 Å². The van der Waals surface area contributed by atoms with E-state index in [-0.39, 0.29) is 11.7 Å². The fourth-order valence-electron chi connectivity index (χ4n) is 3.35. The molecule has 5 nitrogen and oxygen atoms in total. The minimum atomic E-state index is -0.480. The average molecular weight is 364 g/mol. The second-order valence-corrected chi connectivity index (χ2v) is 7.62. The monoisotopic (exact) mass is 363 g/mol. The first-order valence-electron chi connectivity index (χ1n) is 7.99. The Labute approximate surface area is 149 Å². The number of phenolic OH excluding ortho intramolecular Hbond substituents is 1. The van der Waals surface area contributed by atoms with Crippen molar-refractivity contribution in [1.29, 1.82) is 0 Å². The van der Waals surface area contributed by atoms with Crippen molar-refractivity contribution in [1.82, 2.24) is 10.2 Å². The van der Waals surface area contributed by atoms with Crippen LogP contribution >= 0.6 is 22.9 Å². The molecule has 0 fully saturated rings. The Morgan fingerprint density at radius 1 is 1.42 bits per heavy atom. The van der Waals surface area contributed by atoms with Crippen LogP contribution in [-0.4, -0.2) is 29.0 Å². The molecular weight excluding hydrogens is 346 g/mol. The summed E-state index contributed by atoms with van der Waals surface area (Å²) in [7, 11) is 0. The van der Waals surface area contributed by atoms with Crippen molar-refractivity contribution >= 4 is 33.8 Å². The molecule has 24 heavy (non-hydrogen) atoms. The normalized spacial score (nSPS) is 20.1. The van der Waals surface area contributed by atoms with E-state index in [2.05, 4.69) is 22.5 Å². The predicted octanol–water partition coefficient (Wildman–Crippen LogP) is 3.34. The third-order valence-electron chi connectivity index (χ3n) is 4.66. The molecule has 2 aliphatic heterocycles. The van der Waals surface area contributed by atoms with Crippen molar-refractivity contribution in [2.75, 3.05) is 18.4 Å². The number of thiophene rings is 1. The molecule has 0 saturated carbocycles. The second-order valence-electron chi connectivity index (χ2n) is 6.08. The summed E-state index contributed by atoms with van der Waals surface area (Å²) in [5, 5.41) is 17.8. The molecule has 1 atom stereocenters. The molecular formula is C17H18ClN3O2S. The molecule has 0 bridgehead atoms. The zero-order valence-corrected chi connectivity index (χ0v) is 14.8. The number of halogens is 1. The fraction of sp³-hybridized carbons (Fsp3) is 0.353. The molecule has 2 aliphatic rings. The van der Waals surface area contributed by atoms with Crippen LogP contribution in [0.25, 0.3) is 0 Å². The Hall–Kier alpha value is -1.76. The number of benzene rings is 1. The van der Waals surface area contributed by atoms with E-state index in [9.17, 15) is 9.90 Å². The van der Waals surface area contributed by atoms with E-state index in [1.54, 1.807) is 29.5 Å². The van der Waals surface area contributed by atoms with Gasteiger partial charge in [0, 0.05) is 28.6 Å². The minimum absolute atomic E-state index is 0.0874. The van der Waals surface area contributed by atoms with E-state index < -0.39 is 6.17 Å². The summed E-state index contributed by atoms with van der Waals surface area (Å²) in [5.41, 5.74) is 2.50. The van der Waals surface area contributed by atoms with E-state index in [0.717, 1.165) is 36.6 Å². The van der Waals surface area contributed by atoms with Gasteiger partial charge in [-0.3, -0.25) is 9.69 Å². The number of nitrogens with zero attached hydrogens (tertiary/aromatic N) is 1. The lowest BCUT2D eigenvalue weighted by molar-refractivity contribution is 0.0934. The Balaban J connectivity index is 1.70. The highest BCUT2D eigenvalue weighted by atomic mass is 35.5. The number of phenols is 1. The third kappa shape index (κ3) is 2.55. The molecule has 3 heterocycles. The number of hydrogen-bond acceptors (Lipinski definition) is 5. The van der Waals surface area contributed by atoms with E-state index in [1.807, 2.05) is 0 Å². The topological polar surface area (TPSA) is 64.6 Å². The number of aromatic hydroxyl groups is 1. The predicted molar refractivity (Wildman–Crippen MR) is 95.9 cm³/mol. The molecule has 0 spiro atoms. The van der Waals surface area contributed by atoms with Gasteiger partial charge in [0.25, 0.3) is 5.91 Å².